The molecule has 2 aromatic carbocycles. The van der Waals surface area contributed by atoms with Crippen LogP contribution in [0.1, 0.15) is 17.2 Å². The van der Waals surface area contributed by atoms with Crippen molar-refractivity contribution in [2.75, 3.05) is 19.1 Å². The molecule has 1 unspecified atom stereocenters. The summed E-state index contributed by atoms with van der Waals surface area (Å²) in [7, 11) is 2.89. The molecule has 1 saturated heterocycles. The Morgan fingerprint density at radius 1 is 1.06 bits per heavy atom. The van der Waals surface area contributed by atoms with Crippen LogP contribution in [0.15, 0.2) is 66.5 Å². The Bertz CT molecular complexity index is 1280. The van der Waals surface area contributed by atoms with E-state index in [0.717, 1.165) is 6.07 Å². The average Bonchev–Trinajstić information content (AvgIpc) is 3.11. The number of aliphatic hydroxyl groups is 1. The number of pyridine rings is 1. The van der Waals surface area contributed by atoms with E-state index < -0.39 is 29.3 Å². The number of ether oxygens (including phenoxy) is 2. The molecule has 1 aliphatic rings. The molecule has 0 bridgehead atoms. The Balaban J connectivity index is 1.96. The third kappa shape index (κ3) is 3.89. The molecule has 9 heteroatoms. The molecule has 3 aromatic rings. The van der Waals surface area contributed by atoms with E-state index in [-0.39, 0.29) is 27.6 Å². The first kappa shape index (κ1) is 22.3. The molecule has 7 nitrogen and oxygen atoms in total. The van der Waals surface area contributed by atoms with E-state index in [0.29, 0.717) is 11.3 Å². The number of benzene rings is 2. The summed E-state index contributed by atoms with van der Waals surface area (Å²) in [6.45, 7) is 0. The molecule has 1 atom stereocenters. The number of methoxy groups -OCH3 is 2. The molecule has 0 radical (unpaired) electrons. The number of Topliss-reactive ketones (excluding diaryl/α,β-unsaturated/α-hetero) is 1. The largest absolute Gasteiger partial charge is 0.507 e. The van der Waals surface area contributed by atoms with Gasteiger partial charge < -0.3 is 14.6 Å². The van der Waals surface area contributed by atoms with Crippen molar-refractivity contribution in [1.29, 1.82) is 0 Å². The molecule has 1 N–H and O–H groups in total. The molecule has 33 heavy (non-hydrogen) atoms. The molecule has 0 spiro atoms. The first-order chi connectivity index (χ1) is 15.9. The van der Waals surface area contributed by atoms with Gasteiger partial charge in [0.1, 0.15) is 23.1 Å². The van der Waals surface area contributed by atoms with Crippen molar-refractivity contribution in [3.8, 4) is 11.5 Å². The molecule has 0 aliphatic carbocycles. The number of anilines is 1. The molecule has 168 valence electrons. The molecule has 0 saturated carbocycles. The third-order valence-corrected chi connectivity index (χ3v) is 5.60. The number of amides is 1. The summed E-state index contributed by atoms with van der Waals surface area (Å²) in [6.07, 6.45) is 3.00. The van der Waals surface area contributed by atoms with Crippen LogP contribution < -0.4 is 14.4 Å². The van der Waals surface area contributed by atoms with E-state index >= 15 is 0 Å². The number of hydrogen-bond donors (Lipinski definition) is 1. The first-order valence-corrected chi connectivity index (χ1v) is 10.1. The van der Waals surface area contributed by atoms with Gasteiger partial charge in [0.05, 0.1) is 36.4 Å². The number of halogens is 2. The molecular formula is C24H18ClFN2O5. The van der Waals surface area contributed by atoms with Gasteiger partial charge >= 0.3 is 0 Å². The highest BCUT2D eigenvalue weighted by Crippen LogP contribution is 2.44. The van der Waals surface area contributed by atoms with Gasteiger partial charge in [-0.3, -0.25) is 19.5 Å². The maximum atomic E-state index is 13.8. The molecular weight excluding hydrogens is 451 g/mol. The number of nitrogens with zero attached hydrogens (tertiary/aromatic N) is 2. The fourth-order valence-corrected chi connectivity index (χ4v) is 3.91. The zero-order valence-corrected chi connectivity index (χ0v) is 18.3. The average molecular weight is 469 g/mol. The van der Waals surface area contributed by atoms with Crippen molar-refractivity contribution in [2.45, 2.75) is 6.04 Å². The van der Waals surface area contributed by atoms with Crippen molar-refractivity contribution >= 4 is 34.7 Å². The van der Waals surface area contributed by atoms with Gasteiger partial charge in [0, 0.05) is 24.1 Å². The summed E-state index contributed by atoms with van der Waals surface area (Å²) in [5, 5.41) is 11.0. The number of carbonyl (C=O) groups is 2. The lowest BCUT2D eigenvalue weighted by Crippen LogP contribution is -2.29. The Kier molecular flexibility index (Phi) is 6.02. The van der Waals surface area contributed by atoms with Crippen LogP contribution in [-0.2, 0) is 9.59 Å². The van der Waals surface area contributed by atoms with Crippen molar-refractivity contribution in [3.63, 3.8) is 0 Å². The molecule has 1 amide bonds. The third-order valence-electron chi connectivity index (χ3n) is 5.31. The van der Waals surface area contributed by atoms with Crippen molar-refractivity contribution in [1.82, 2.24) is 4.98 Å². The highest BCUT2D eigenvalue weighted by Gasteiger charge is 2.47. The lowest BCUT2D eigenvalue weighted by atomic mass is 9.95. The van der Waals surface area contributed by atoms with E-state index in [1.54, 1.807) is 24.3 Å². The maximum Gasteiger partial charge on any atom is 0.300 e. The van der Waals surface area contributed by atoms with Gasteiger partial charge in [-0.1, -0.05) is 11.6 Å². The van der Waals surface area contributed by atoms with Gasteiger partial charge in [0.2, 0.25) is 0 Å². The normalized spacial score (nSPS) is 17.3. The maximum absolute atomic E-state index is 13.8. The molecule has 4 rings (SSSR count). The van der Waals surface area contributed by atoms with E-state index in [1.165, 1.54) is 49.7 Å². The number of aliphatic hydroxyl groups excluding tert-OH is 1. The van der Waals surface area contributed by atoms with Crippen molar-refractivity contribution in [2.24, 2.45) is 0 Å². The van der Waals surface area contributed by atoms with E-state index in [1.807, 2.05) is 0 Å². The van der Waals surface area contributed by atoms with Gasteiger partial charge in [-0.25, -0.2) is 4.39 Å². The van der Waals surface area contributed by atoms with Gasteiger partial charge in [-0.15, -0.1) is 0 Å². The van der Waals surface area contributed by atoms with Crippen LogP contribution in [-0.4, -0.2) is 36.0 Å². The molecule has 1 aliphatic heterocycles. The highest BCUT2D eigenvalue weighted by atomic mass is 35.5. The number of hydrogen-bond acceptors (Lipinski definition) is 6. The molecule has 1 aromatic heterocycles. The number of ketones is 1. The van der Waals surface area contributed by atoms with Crippen LogP contribution in [0.3, 0.4) is 0 Å². The fourth-order valence-electron chi connectivity index (χ4n) is 3.73. The quantitative estimate of drug-likeness (QED) is 0.336. The number of aromatic nitrogens is 1. The summed E-state index contributed by atoms with van der Waals surface area (Å²) in [6, 6.07) is 10.6. The lowest BCUT2D eigenvalue weighted by molar-refractivity contribution is -0.132. The van der Waals surface area contributed by atoms with Crippen LogP contribution in [0.2, 0.25) is 5.02 Å². The van der Waals surface area contributed by atoms with Gasteiger partial charge in [0.15, 0.2) is 0 Å². The second-order valence-corrected chi connectivity index (χ2v) is 7.52. The van der Waals surface area contributed by atoms with Crippen molar-refractivity contribution in [3.05, 3.63) is 88.5 Å². The van der Waals surface area contributed by atoms with Crippen LogP contribution in [0.25, 0.3) is 5.76 Å². The van der Waals surface area contributed by atoms with Gasteiger partial charge in [-0.05, 0) is 48.0 Å². The monoisotopic (exact) mass is 468 g/mol. The summed E-state index contributed by atoms with van der Waals surface area (Å²) >= 11 is 5.94. The summed E-state index contributed by atoms with van der Waals surface area (Å²) in [4.78, 5) is 31.4. The minimum atomic E-state index is -1.01. The van der Waals surface area contributed by atoms with Crippen LogP contribution in [0.5, 0.6) is 11.5 Å². The van der Waals surface area contributed by atoms with Crippen LogP contribution in [0.4, 0.5) is 10.1 Å². The Morgan fingerprint density at radius 3 is 2.42 bits per heavy atom. The standard InChI is InChI=1S/C24H18ClFN2O5/c1-32-15-4-5-16(19(12-15)33-2)22(29)20-21(13-7-9-27-10-8-13)28(24(31)23(20)30)14-3-6-18(26)17(25)11-14/h3-12,21,29H,1-2H3/b22-20-. The van der Waals surface area contributed by atoms with E-state index in [9.17, 15) is 19.1 Å². The molecule has 1 fully saturated rings. The lowest BCUT2D eigenvalue weighted by Gasteiger charge is -2.25. The fraction of sp³-hybridized carbons (Fsp3) is 0.125. The topological polar surface area (TPSA) is 89.0 Å². The van der Waals surface area contributed by atoms with Gasteiger partial charge in [-0.2, -0.15) is 0 Å². The Hall–Kier alpha value is -3.91. The highest BCUT2D eigenvalue weighted by molar-refractivity contribution is 6.51. The summed E-state index contributed by atoms with van der Waals surface area (Å²) in [5.74, 6) is -2.17. The van der Waals surface area contributed by atoms with Gasteiger partial charge in [0.25, 0.3) is 11.7 Å². The Morgan fingerprint density at radius 2 is 1.79 bits per heavy atom. The minimum Gasteiger partial charge on any atom is -0.507 e. The predicted molar refractivity (Wildman–Crippen MR) is 120 cm³/mol. The SMILES string of the molecule is COc1ccc(/C(O)=C2/C(=O)C(=O)N(c3ccc(F)c(Cl)c3)C2c2ccncc2)c(OC)c1. The zero-order valence-electron chi connectivity index (χ0n) is 17.6. The van der Waals surface area contributed by atoms with Crippen molar-refractivity contribution < 1.29 is 28.6 Å². The number of rotatable bonds is 5. The summed E-state index contributed by atoms with van der Waals surface area (Å²) < 4.78 is 24.3. The summed E-state index contributed by atoms with van der Waals surface area (Å²) in [5.41, 5.74) is 0.757. The van der Waals surface area contributed by atoms with E-state index in [2.05, 4.69) is 4.98 Å². The second kappa shape index (κ2) is 8.91. The predicted octanol–water partition coefficient (Wildman–Crippen LogP) is 4.52. The minimum absolute atomic E-state index is 0.157. The zero-order chi connectivity index (χ0) is 23.7. The smallest absolute Gasteiger partial charge is 0.300 e. The first-order valence-electron chi connectivity index (χ1n) is 9.75. The molecule has 2 heterocycles. The Labute approximate surface area is 193 Å². The second-order valence-electron chi connectivity index (χ2n) is 7.11. The van der Waals surface area contributed by atoms with Crippen LogP contribution in [0, 0.1) is 5.82 Å². The van der Waals surface area contributed by atoms with E-state index in [4.69, 9.17) is 21.1 Å². The van der Waals surface area contributed by atoms with Crippen LogP contribution >= 0.6 is 11.6 Å². The number of carbonyl (C=O) groups excluding carboxylic acids is 2.